The second-order valence-electron chi connectivity index (χ2n) is 10.3. The molecule has 0 spiro atoms. The molecule has 4 rings (SSSR count). The van der Waals surface area contributed by atoms with Gasteiger partial charge in [-0.1, -0.05) is 42.3 Å². The summed E-state index contributed by atoms with van der Waals surface area (Å²) in [5.74, 6) is 1.20. The molecule has 0 aromatic carbocycles. The Morgan fingerprint density at radius 3 is 2.54 bits per heavy atom. The lowest BCUT2D eigenvalue weighted by Crippen LogP contribution is -2.59. The normalized spacial score (nSPS) is 45.1. The van der Waals surface area contributed by atoms with Crippen molar-refractivity contribution in [2.75, 3.05) is 0 Å². The molecule has 0 unspecified atom stereocenters. The Hall–Kier alpha value is -0.870. The van der Waals surface area contributed by atoms with E-state index in [4.69, 9.17) is 0 Å². The second-order valence-corrected chi connectivity index (χ2v) is 11.7. The topological polar surface area (TPSA) is 54.4 Å². The Labute approximate surface area is 173 Å². The lowest BCUT2D eigenvalue weighted by molar-refractivity contribution is -0.123. The summed E-state index contributed by atoms with van der Waals surface area (Å²) in [6.45, 7) is 10.7. The zero-order valence-corrected chi connectivity index (χ0v) is 18.7. The highest BCUT2D eigenvalue weighted by molar-refractivity contribution is 8.14. The van der Waals surface area contributed by atoms with Crippen LogP contribution in [0.2, 0.25) is 0 Å². The Balaban J connectivity index is 1.83. The Kier molecular flexibility index (Phi) is 4.98. The first-order chi connectivity index (χ1) is 13.1. The molecule has 154 valence electrons. The zero-order valence-electron chi connectivity index (χ0n) is 17.9. The van der Waals surface area contributed by atoms with E-state index in [-0.39, 0.29) is 39.0 Å². The number of fused-ring (bicyclic) bond motifs is 5. The molecule has 4 aliphatic carbocycles. The molecule has 3 fully saturated rings. The van der Waals surface area contributed by atoms with Gasteiger partial charge in [-0.05, 0) is 80.6 Å². The van der Waals surface area contributed by atoms with Crippen LogP contribution in [-0.4, -0.2) is 27.4 Å². The number of aliphatic hydroxyl groups is 1. The smallest absolute Gasteiger partial charge is 0.186 e. The van der Waals surface area contributed by atoms with Crippen molar-refractivity contribution in [3.05, 3.63) is 22.8 Å². The number of thioether (sulfide) groups is 1. The molecule has 3 saturated carbocycles. The second kappa shape index (κ2) is 6.84. The van der Waals surface area contributed by atoms with Gasteiger partial charge in [0.1, 0.15) is 0 Å². The average Bonchev–Trinajstić information content (AvgIpc) is 2.92. The number of carbonyl (C=O) groups excluding carboxylic acids is 2. The first-order valence-electron chi connectivity index (χ1n) is 10.8. The van der Waals surface area contributed by atoms with E-state index in [9.17, 15) is 14.7 Å². The molecule has 0 amide bonds. The molecule has 4 aliphatic rings. The number of ketones is 1. The van der Waals surface area contributed by atoms with Crippen LogP contribution in [0.5, 0.6) is 0 Å². The minimum Gasteiger partial charge on any atom is -0.393 e. The maximum atomic E-state index is 12.2. The van der Waals surface area contributed by atoms with Gasteiger partial charge in [-0.3, -0.25) is 9.59 Å². The Bertz CT molecular complexity index is 777. The Morgan fingerprint density at radius 1 is 1.18 bits per heavy atom. The minimum atomic E-state index is -0.379. The number of hydrogen-bond acceptors (Lipinski definition) is 4. The molecule has 0 saturated heterocycles. The van der Waals surface area contributed by atoms with Crippen LogP contribution in [0.1, 0.15) is 73.1 Å². The van der Waals surface area contributed by atoms with Crippen LogP contribution in [0.25, 0.3) is 0 Å². The summed E-state index contributed by atoms with van der Waals surface area (Å²) in [6, 6.07) is 0. The van der Waals surface area contributed by atoms with Crippen LogP contribution in [0.3, 0.4) is 0 Å². The summed E-state index contributed by atoms with van der Waals surface area (Å²) < 4.78 is 0. The summed E-state index contributed by atoms with van der Waals surface area (Å²) in [4.78, 5) is 24.3. The van der Waals surface area contributed by atoms with Crippen LogP contribution in [0, 0.1) is 28.6 Å². The highest BCUT2D eigenvalue weighted by atomic mass is 32.2. The summed E-state index contributed by atoms with van der Waals surface area (Å²) in [7, 11) is 0. The van der Waals surface area contributed by atoms with Crippen molar-refractivity contribution < 1.29 is 14.7 Å². The lowest BCUT2D eigenvalue weighted by Gasteiger charge is -2.61. The molecule has 0 heterocycles. The SMILES string of the molecule is CC(=O)S[C@@H]1CC2=CC(=O)CC[C@]2(C)[C@@H]2[C@@H]1[C@@H]1CCC(=C(C)C)[C@@]1(C)C[C@@H]2O. The van der Waals surface area contributed by atoms with Gasteiger partial charge in [-0.25, -0.2) is 0 Å². The van der Waals surface area contributed by atoms with E-state index >= 15 is 0 Å². The zero-order chi connectivity index (χ0) is 20.4. The van der Waals surface area contributed by atoms with Crippen molar-refractivity contribution in [1.82, 2.24) is 0 Å². The van der Waals surface area contributed by atoms with E-state index in [0.717, 1.165) is 32.1 Å². The molecule has 0 aliphatic heterocycles. The fraction of sp³-hybridized carbons (Fsp3) is 0.750. The number of allylic oxidation sites excluding steroid dienone is 3. The van der Waals surface area contributed by atoms with Gasteiger partial charge in [0.25, 0.3) is 0 Å². The Morgan fingerprint density at radius 2 is 1.89 bits per heavy atom. The van der Waals surface area contributed by atoms with Crippen molar-refractivity contribution in [2.24, 2.45) is 28.6 Å². The van der Waals surface area contributed by atoms with Crippen molar-refractivity contribution in [3.8, 4) is 0 Å². The van der Waals surface area contributed by atoms with Gasteiger partial charge in [0.15, 0.2) is 10.9 Å². The third kappa shape index (κ3) is 2.89. The first-order valence-corrected chi connectivity index (χ1v) is 11.7. The van der Waals surface area contributed by atoms with Crippen LogP contribution < -0.4 is 0 Å². The van der Waals surface area contributed by atoms with Crippen molar-refractivity contribution >= 4 is 22.7 Å². The van der Waals surface area contributed by atoms with Gasteiger partial charge in [-0.15, -0.1) is 0 Å². The maximum Gasteiger partial charge on any atom is 0.186 e. The molecule has 0 bridgehead atoms. The molecule has 3 nitrogen and oxygen atoms in total. The molecular weight excluding hydrogens is 368 g/mol. The minimum absolute atomic E-state index is 0.0388. The van der Waals surface area contributed by atoms with Crippen LogP contribution in [-0.2, 0) is 9.59 Å². The average molecular weight is 403 g/mol. The van der Waals surface area contributed by atoms with E-state index in [0.29, 0.717) is 18.3 Å². The van der Waals surface area contributed by atoms with E-state index in [1.165, 1.54) is 28.5 Å². The van der Waals surface area contributed by atoms with Crippen molar-refractivity contribution in [1.29, 1.82) is 0 Å². The highest BCUT2D eigenvalue weighted by Gasteiger charge is 2.63. The predicted octanol–water partition coefficient (Wildman–Crippen LogP) is 5.08. The van der Waals surface area contributed by atoms with Gasteiger partial charge in [0.2, 0.25) is 0 Å². The number of aliphatic hydroxyl groups excluding tert-OH is 1. The van der Waals surface area contributed by atoms with Crippen molar-refractivity contribution in [2.45, 2.75) is 84.5 Å². The largest absolute Gasteiger partial charge is 0.393 e. The fourth-order valence-electron chi connectivity index (χ4n) is 7.58. The summed E-state index contributed by atoms with van der Waals surface area (Å²) >= 11 is 1.46. The van der Waals surface area contributed by atoms with Gasteiger partial charge in [-0.2, -0.15) is 0 Å². The van der Waals surface area contributed by atoms with Gasteiger partial charge < -0.3 is 5.11 Å². The molecule has 0 aromatic heterocycles. The van der Waals surface area contributed by atoms with Gasteiger partial charge >= 0.3 is 0 Å². The van der Waals surface area contributed by atoms with Gasteiger partial charge in [0, 0.05) is 18.6 Å². The summed E-state index contributed by atoms with van der Waals surface area (Å²) in [5.41, 5.74) is 4.05. The number of carbonyl (C=O) groups is 2. The monoisotopic (exact) mass is 402 g/mol. The molecule has 28 heavy (non-hydrogen) atoms. The third-order valence-corrected chi connectivity index (χ3v) is 9.72. The first kappa shape index (κ1) is 20.4. The number of rotatable bonds is 1. The van der Waals surface area contributed by atoms with E-state index in [2.05, 4.69) is 27.7 Å². The predicted molar refractivity (Wildman–Crippen MR) is 114 cm³/mol. The van der Waals surface area contributed by atoms with E-state index < -0.39 is 0 Å². The van der Waals surface area contributed by atoms with Crippen LogP contribution >= 0.6 is 11.8 Å². The number of hydrogen-bond donors (Lipinski definition) is 1. The molecule has 4 heteroatoms. The van der Waals surface area contributed by atoms with E-state index in [1.807, 2.05) is 6.08 Å². The molecule has 0 radical (unpaired) electrons. The standard InChI is InChI=1S/C24H34O3S/c1-13(2)17-6-7-18-21-20(28-14(3)25)11-15-10-16(26)8-9-23(15,4)22(21)19(27)12-24(17,18)5/h10,18-22,27H,6-9,11-12H2,1-5H3/t18-,19-,20+,21+,22-,23-,24+/m0/s1. The fourth-order valence-corrected chi connectivity index (χ4v) is 8.79. The van der Waals surface area contributed by atoms with Crippen molar-refractivity contribution in [3.63, 3.8) is 0 Å². The highest BCUT2D eigenvalue weighted by Crippen LogP contribution is 2.68. The van der Waals surface area contributed by atoms with Gasteiger partial charge in [0.05, 0.1) is 6.10 Å². The summed E-state index contributed by atoms with van der Waals surface area (Å²) in [5, 5.41) is 11.8. The molecule has 1 N–H and O–H groups in total. The van der Waals surface area contributed by atoms with Crippen LogP contribution in [0.15, 0.2) is 22.8 Å². The molecule has 0 aromatic rings. The third-order valence-electron chi connectivity index (χ3n) is 8.61. The quantitative estimate of drug-likeness (QED) is 0.621. The molecule has 7 atom stereocenters. The molecular formula is C24H34O3S. The van der Waals surface area contributed by atoms with E-state index in [1.54, 1.807) is 6.92 Å². The maximum absolute atomic E-state index is 12.2. The lowest BCUT2D eigenvalue weighted by atomic mass is 9.46. The van der Waals surface area contributed by atoms with Crippen LogP contribution in [0.4, 0.5) is 0 Å². The summed E-state index contributed by atoms with van der Waals surface area (Å²) in [6.07, 6.45) is 6.81.